The van der Waals surface area contributed by atoms with Gasteiger partial charge in [0, 0.05) is 23.0 Å². The van der Waals surface area contributed by atoms with E-state index in [-0.39, 0.29) is 23.9 Å². The molecule has 0 heterocycles. The minimum atomic E-state index is -3.59. The first kappa shape index (κ1) is 22.0. The Kier molecular flexibility index (Phi) is 8.00. The average Bonchev–Trinajstić information content (AvgIpc) is 2.62. The SMILES string of the molecule is Cc1ccc(S(=O)(=O)NCCNC(=O)C(C)Sc2cc(Cl)ccc2Cl)cc1. The molecule has 2 N–H and O–H groups in total. The van der Waals surface area contributed by atoms with Crippen LogP contribution in [0.4, 0.5) is 0 Å². The molecule has 0 aliphatic heterocycles. The molecule has 0 aromatic heterocycles. The molecule has 1 atom stereocenters. The van der Waals surface area contributed by atoms with Gasteiger partial charge < -0.3 is 5.32 Å². The van der Waals surface area contributed by atoms with Crippen molar-refractivity contribution in [3.63, 3.8) is 0 Å². The van der Waals surface area contributed by atoms with Crippen LogP contribution in [0.1, 0.15) is 12.5 Å². The minimum absolute atomic E-state index is 0.0945. The molecule has 27 heavy (non-hydrogen) atoms. The Hall–Kier alpha value is -1.25. The second-order valence-electron chi connectivity index (χ2n) is 5.84. The number of carbonyl (C=O) groups is 1. The molecule has 1 unspecified atom stereocenters. The van der Waals surface area contributed by atoms with Crippen molar-refractivity contribution in [2.45, 2.75) is 28.9 Å². The highest BCUT2D eigenvalue weighted by Gasteiger charge is 2.17. The van der Waals surface area contributed by atoms with E-state index in [0.29, 0.717) is 14.9 Å². The monoisotopic (exact) mass is 446 g/mol. The van der Waals surface area contributed by atoms with Crippen molar-refractivity contribution in [1.29, 1.82) is 0 Å². The minimum Gasteiger partial charge on any atom is -0.354 e. The summed E-state index contributed by atoms with van der Waals surface area (Å²) >= 11 is 13.3. The summed E-state index contributed by atoms with van der Waals surface area (Å²) in [5, 5.41) is 3.36. The number of halogens is 2. The van der Waals surface area contributed by atoms with E-state index in [9.17, 15) is 13.2 Å². The molecule has 0 aliphatic rings. The number of amides is 1. The van der Waals surface area contributed by atoms with Crippen molar-refractivity contribution in [1.82, 2.24) is 10.0 Å². The molecule has 5 nitrogen and oxygen atoms in total. The van der Waals surface area contributed by atoms with Gasteiger partial charge in [-0.15, -0.1) is 11.8 Å². The highest BCUT2D eigenvalue weighted by Crippen LogP contribution is 2.32. The van der Waals surface area contributed by atoms with E-state index in [1.807, 2.05) is 6.92 Å². The maximum atomic E-state index is 12.2. The predicted molar refractivity (Wildman–Crippen MR) is 111 cm³/mol. The quantitative estimate of drug-likeness (QED) is 0.476. The van der Waals surface area contributed by atoms with Crippen molar-refractivity contribution in [3.8, 4) is 0 Å². The van der Waals surface area contributed by atoms with Crippen molar-refractivity contribution in [2.75, 3.05) is 13.1 Å². The lowest BCUT2D eigenvalue weighted by Crippen LogP contribution is -2.37. The van der Waals surface area contributed by atoms with Crippen molar-refractivity contribution in [2.24, 2.45) is 0 Å². The first-order valence-electron chi connectivity index (χ1n) is 8.15. The van der Waals surface area contributed by atoms with Crippen LogP contribution in [-0.4, -0.2) is 32.7 Å². The maximum Gasteiger partial charge on any atom is 0.240 e. The van der Waals surface area contributed by atoms with Crippen LogP contribution >= 0.6 is 35.0 Å². The zero-order valence-corrected chi connectivity index (χ0v) is 18.0. The van der Waals surface area contributed by atoms with Crippen LogP contribution in [0, 0.1) is 6.92 Å². The zero-order valence-electron chi connectivity index (χ0n) is 14.8. The number of thioether (sulfide) groups is 1. The van der Waals surface area contributed by atoms with E-state index in [4.69, 9.17) is 23.2 Å². The zero-order chi connectivity index (χ0) is 20.0. The lowest BCUT2D eigenvalue weighted by atomic mass is 10.2. The Morgan fingerprint density at radius 3 is 2.44 bits per heavy atom. The molecule has 9 heteroatoms. The molecular formula is C18H20Cl2N2O3S2. The number of nitrogens with one attached hydrogen (secondary N) is 2. The summed E-state index contributed by atoms with van der Waals surface area (Å²) in [6.45, 7) is 3.90. The Morgan fingerprint density at radius 2 is 1.78 bits per heavy atom. The molecule has 0 radical (unpaired) electrons. The molecule has 146 valence electrons. The molecule has 0 bridgehead atoms. The fourth-order valence-corrected chi connectivity index (χ4v) is 4.59. The van der Waals surface area contributed by atoms with Crippen molar-refractivity contribution < 1.29 is 13.2 Å². The van der Waals surface area contributed by atoms with Gasteiger partial charge in [-0.25, -0.2) is 13.1 Å². The van der Waals surface area contributed by atoms with Gasteiger partial charge in [-0.2, -0.15) is 0 Å². The number of hydrogen-bond acceptors (Lipinski definition) is 4. The van der Waals surface area contributed by atoms with E-state index in [1.54, 1.807) is 49.4 Å². The molecule has 0 spiro atoms. The van der Waals surface area contributed by atoms with Crippen LogP contribution < -0.4 is 10.0 Å². The van der Waals surface area contributed by atoms with Gasteiger partial charge in [0.15, 0.2) is 0 Å². The van der Waals surface area contributed by atoms with Crippen molar-refractivity contribution >= 4 is 50.9 Å². The van der Waals surface area contributed by atoms with Gasteiger partial charge in [0.05, 0.1) is 15.2 Å². The van der Waals surface area contributed by atoms with E-state index < -0.39 is 15.3 Å². The second-order valence-corrected chi connectivity index (χ2v) is 9.83. The fourth-order valence-electron chi connectivity index (χ4n) is 2.13. The number of benzene rings is 2. The maximum absolute atomic E-state index is 12.2. The molecule has 2 aromatic carbocycles. The predicted octanol–water partition coefficient (Wildman–Crippen LogP) is 3.88. The fraction of sp³-hybridized carbons (Fsp3) is 0.278. The third-order valence-electron chi connectivity index (χ3n) is 3.61. The standard InChI is InChI=1S/C18H20Cl2N2O3S2/c1-12-3-6-15(7-4-12)27(24,25)22-10-9-21-18(23)13(2)26-17-11-14(19)5-8-16(17)20/h3-8,11,13,22H,9-10H2,1-2H3,(H,21,23). The summed E-state index contributed by atoms with van der Waals surface area (Å²) in [5.74, 6) is -0.217. The summed E-state index contributed by atoms with van der Waals surface area (Å²) < 4.78 is 26.8. The highest BCUT2D eigenvalue weighted by molar-refractivity contribution is 8.00. The molecule has 1 amide bonds. The highest BCUT2D eigenvalue weighted by atomic mass is 35.5. The van der Waals surface area contributed by atoms with Crippen molar-refractivity contribution in [3.05, 3.63) is 58.1 Å². The molecular weight excluding hydrogens is 427 g/mol. The summed E-state index contributed by atoms with van der Waals surface area (Å²) in [4.78, 5) is 13.1. The topological polar surface area (TPSA) is 75.3 Å². The van der Waals surface area contributed by atoms with Crippen LogP contribution in [-0.2, 0) is 14.8 Å². The van der Waals surface area contributed by atoms with Crippen LogP contribution in [0.2, 0.25) is 10.0 Å². The van der Waals surface area contributed by atoms with E-state index in [0.717, 1.165) is 5.56 Å². The van der Waals surface area contributed by atoms with Gasteiger partial charge in [0.1, 0.15) is 0 Å². The Labute approximate surface area is 173 Å². The Balaban J connectivity index is 1.81. The van der Waals surface area contributed by atoms with E-state index in [2.05, 4.69) is 10.0 Å². The van der Waals surface area contributed by atoms with Crippen LogP contribution in [0.15, 0.2) is 52.3 Å². The van der Waals surface area contributed by atoms with Gasteiger partial charge in [0.25, 0.3) is 0 Å². The lowest BCUT2D eigenvalue weighted by Gasteiger charge is -2.13. The van der Waals surface area contributed by atoms with Gasteiger partial charge in [0.2, 0.25) is 15.9 Å². The molecule has 0 saturated carbocycles. The molecule has 0 fully saturated rings. The molecule has 2 rings (SSSR count). The van der Waals surface area contributed by atoms with Crippen LogP contribution in [0.25, 0.3) is 0 Å². The van der Waals surface area contributed by atoms with E-state index in [1.165, 1.54) is 11.8 Å². The first-order valence-corrected chi connectivity index (χ1v) is 11.3. The third-order valence-corrected chi connectivity index (χ3v) is 6.93. The number of sulfonamides is 1. The largest absolute Gasteiger partial charge is 0.354 e. The summed E-state index contributed by atoms with van der Waals surface area (Å²) in [5.41, 5.74) is 0.979. The van der Waals surface area contributed by atoms with Gasteiger partial charge >= 0.3 is 0 Å². The number of rotatable bonds is 8. The van der Waals surface area contributed by atoms with Crippen LogP contribution in [0.3, 0.4) is 0 Å². The lowest BCUT2D eigenvalue weighted by molar-refractivity contribution is -0.120. The second kappa shape index (κ2) is 9.80. The average molecular weight is 447 g/mol. The number of carbonyl (C=O) groups excluding carboxylic acids is 1. The Morgan fingerprint density at radius 1 is 1.11 bits per heavy atom. The number of aryl methyl sites for hydroxylation is 1. The van der Waals surface area contributed by atoms with Gasteiger partial charge in [-0.05, 0) is 44.2 Å². The molecule has 2 aromatic rings. The molecule has 0 saturated heterocycles. The molecule has 0 aliphatic carbocycles. The summed E-state index contributed by atoms with van der Waals surface area (Å²) in [7, 11) is -3.59. The summed E-state index contributed by atoms with van der Waals surface area (Å²) in [6, 6.07) is 11.6. The van der Waals surface area contributed by atoms with Crippen LogP contribution in [0.5, 0.6) is 0 Å². The van der Waals surface area contributed by atoms with Gasteiger partial charge in [-0.1, -0.05) is 40.9 Å². The van der Waals surface area contributed by atoms with E-state index >= 15 is 0 Å². The smallest absolute Gasteiger partial charge is 0.240 e. The Bertz CT molecular complexity index is 903. The third kappa shape index (κ3) is 6.69. The first-order chi connectivity index (χ1) is 12.7. The number of hydrogen-bond donors (Lipinski definition) is 2. The summed E-state index contributed by atoms with van der Waals surface area (Å²) in [6.07, 6.45) is 0. The normalized spacial score (nSPS) is 12.6. The van der Waals surface area contributed by atoms with Gasteiger partial charge in [-0.3, -0.25) is 4.79 Å².